The number of hydrogen-bond donors (Lipinski definition) is 1. The highest BCUT2D eigenvalue weighted by Gasteiger charge is 2.64. The van der Waals surface area contributed by atoms with Gasteiger partial charge in [-0.25, -0.2) is 0 Å². The molecule has 0 atom stereocenters. The summed E-state index contributed by atoms with van der Waals surface area (Å²) in [6.45, 7) is -0.572. The van der Waals surface area contributed by atoms with Crippen LogP contribution in [0.4, 0.5) is 22.0 Å². The van der Waals surface area contributed by atoms with Gasteiger partial charge < -0.3 is 10.0 Å². The van der Waals surface area contributed by atoms with Crippen molar-refractivity contribution < 1.29 is 31.9 Å². The first-order valence-electron chi connectivity index (χ1n) is 4.58. The Morgan fingerprint density at radius 2 is 1.56 bits per heavy atom. The lowest BCUT2D eigenvalue weighted by Crippen LogP contribution is -2.54. The molecule has 8 heteroatoms. The first kappa shape index (κ1) is 13.1. The Kier molecular flexibility index (Phi) is 3.41. The number of nitrogens with zero attached hydrogens (tertiary/aromatic N) is 1. The van der Waals surface area contributed by atoms with Gasteiger partial charge in [0.1, 0.15) is 0 Å². The van der Waals surface area contributed by atoms with Gasteiger partial charge in [-0.15, -0.1) is 0 Å². The van der Waals surface area contributed by atoms with E-state index < -0.39 is 24.1 Å². The lowest BCUT2D eigenvalue weighted by atomic mass is 10.1. The van der Waals surface area contributed by atoms with Crippen LogP contribution in [-0.4, -0.2) is 47.2 Å². The monoisotopic (exact) mass is 247 g/mol. The van der Waals surface area contributed by atoms with Gasteiger partial charge in [0, 0.05) is 13.1 Å². The van der Waals surface area contributed by atoms with Gasteiger partial charge in [0.2, 0.25) is 0 Å². The quantitative estimate of drug-likeness (QED) is 0.706. The number of hydrogen-bond acceptors (Lipinski definition) is 2. The van der Waals surface area contributed by atoms with E-state index in [4.69, 9.17) is 5.11 Å². The van der Waals surface area contributed by atoms with E-state index in [9.17, 15) is 26.7 Å². The Labute approximate surface area is 87.8 Å². The number of halogens is 5. The molecule has 1 fully saturated rings. The highest BCUT2D eigenvalue weighted by atomic mass is 19.4. The van der Waals surface area contributed by atoms with E-state index in [1.165, 1.54) is 0 Å². The fourth-order valence-electron chi connectivity index (χ4n) is 1.39. The van der Waals surface area contributed by atoms with Crippen LogP contribution in [0, 0.1) is 0 Å². The van der Waals surface area contributed by atoms with E-state index in [0.29, 0.717) is 4.90 Å². The second kappa shape index (κ2) is 4.15. The van der Waals surface area contributed by atoms with Crippen molar-refractivity contribution >= 4 is 5.91 Å². The summed E-state index contributed by atoms with van der Waals surface area (Å²) in [6, 6.07) is 0. The zero-order chi connectivity index (χ0) is 12.6. The zero-order valence-electron chi connectivity index (χ0n) is 8.10. The molecule has 0 spiro atoms. The average Bonchev–Trinajstić information content (AvgIpc) is 2.16. The molecule has 1 heterocycles. The highest BCUT2D eigenvalue weighted by molar-refractivity contribution is 5.84. The predicted molar refractivity (Wildman–Crippen MR) is 42.8 cm³/mol. The van der Waals surface area contributed by atoms with Crippen LogP contribution in [0.25, 0.3) is 0 Å². The summed E-state index contributed by atoms with van der Waals surface area (Å²) in [4.78, 5) is 11.4. The lowest BCUT2D eigenvalue weighted by Gasteiger charge is -2.32. The van der Waals surface area contributed by atoms with E-state index in [2.05, 4.69) is 0 Å². The number of alkyl halides is 5. The van der Waals surface area contributed by atoms with Gasteiger partial charge in [0.15, 0.2) is 0 Å². The fourth-order valence-corrected chi connectivity index (χ4v) is 1.39. The molecule has 16 heavy (non-hydrogen) atoms. The molecular weight excluding hydrogens is 237 g/mol. The number of carbonyl (C=O) groups excluding carboxylic acids is 1. The summed E-state index contributed by atoms with van der Waals surface area (Å²) in [7, 11) is 0. The normalized spacial score (nSPS) is 20.0. The van der Waals surface area contributed by atoms with E-state index in [1.54, 1.807) is 0 Å². The zero-order valence-corrected chi connectivity index (χ0v) is 8.10. The van der Waals surface area contributed by atoms with Gasteiger partial charge in [-0.05, 0) is 12.8 Å². The van der Waals surface area contributed by atoms with Crippen molar-refractivity contribution in [3.05, 3.63) is 0 Å². The van der Waals surface area contributed by atoms with Crippen molar-refractivity contribution in [2.24, 2.45) is 0 Å². The minimum absolute atomic E-state index is 0.0136. The molecular formula is C8H10F5NO2. The van der Waals surface area contributed by atoms with Crippen LogP contribution in [-0.2, 0) is 4.79 Å². The van der Waals surface area contributed by atoms with Crippen molar-refractivity contribution in [3.63, 3.8) is 0 Å². The first-order valence-corrected chi connectivity index (χ1v) is 4.58. The van der Waals surface area contributed by atoms with Crippen LogP contribution in [0.1, 0.15) is 12.8 Å². The molecule has 0 aromatic heterocycles. The second-order valence-corrected chi connectivity index (χ2v) is 3.60. The van der Waals surface area contributed by atoms with E-state index in [1.807, 2.05) is 0 Å². The van der Waals surface area contributed by atoms with Crippen molar-refractivity contribution in [1.29, 1.82) is 0 Å². The smallest absolute Gasteiger partial charge is 0.393 e. The van der Waals surface area contributed by atoms with Crippen LogP contribution < -0.4 is 0 Å². The van der Waals surface area contributed by atoms with Gasteiger partial charge >= 0.3 is 18.0 Å². The molecule has 1 aliphatic rings. The Morgan fingerprint density at radius 1 is 1.12 bits per heavy atom. The summed E-state index contributed by atoms with van der Waals surface area (Å²) in [6.07, 6.45) is -6.59. The van der Waals surface area contributed by atoms with E-state index in [0.717, 1.165) is 0 Å². The number of aliphatic hydroxyl groups is 1. The maximum absolute atomic E-state index is 12.6. The third kappa shape index (κ3) is 2.42. The molecule has 1 aliphatic heterocycles. The maximum Gasteiger partial charge on any atom is 0.463 e. The molecule has 1 rings (SSSR count). The SMILES string of the molecule is O=C(N1CCC(O)CC1)C(F)(F)C(F)(F)F. The second-order valence-electron chi connectivity index (χ2n) is 3.60. The van der Waals surface area contributed by atoms with Gasteiger partial charge in [0.05, 0.1) is 6.10 Å². The Balaban J connectivity index is 2.71. The first-order chi connectivity index (χ1) is 7.16. The molecule has 1 saturated heterocycles. The number of likely N-dealkylation sites (tertiary alicyclic amines) is 1. The summed E-state index contributed by atoms with van der Waals surface area (Å²) in [5, 5.41) is 9.02. The summed E-state index contributed by atoms with van der Waals surface area (Å²) in [5.74, 6) is -7.60. The van der Waals surface area contributed by atoms with Gasteiger partial charge in [0.25, 0.3) is 0 Å². The number of rotatable bonds is 1. The molecule has 3 nitrogen and oxygen atoms in total. The van der Waals surface area contributed by atoms with Gasteiger partial charge in [-0.1, -0.05) is 0 Å². The van der Waals surface area contributed by atoms with Crippen molar-refractivity contribution in [2.75, 3.05) is 13.1 Å². The molecule has 0 bridgehead atoms. The summed E-state index contributed by atoms with van der Waals surface area (Å²) < 4.78 is 60.9. The molecule has 0 radical (unpaired) electrons. The van der Waals surface area contributed by atoms with E-state index in [-0.39, 0.29) is 25.9 Å². The molecule has 0 aromatic carbocycles. The Hall–Kier alpha value is -0.920. The van der Waals surface area contributed by atoms with E-state index >= 15 is 0 Å². The molecule has 94 valence electrons. The Morgan fingerprint density at radius 3 is 1.94 bits per heavy atom. The minimum Gasteiger partial charge on any atom is -0.393 e. The standard InChI is InChI=1S/C8H10F5NO2/c9-7(10,8(11,12)13)6(16)14-3-1-5(15)2-4-14/h5,15H,1-4H2. The fraction of sp³-hybridized carbons (Fsp3) is 0.875. The topological polar surface area (TPSA) is 40.5 Å². The number of carbonyl (C=O) groups is 1. The van der Waals surface area contributed by atoms with Crippen LogP contribution >= 0.6 is 0 Å². The third-order valence-electron chi connectivity index (χ3n) is 2.38. The average molecular weight is 247 g/mol. The van der Waals surface area contributed by atoms with Crippen LogP contribution in [0.2, 0.25) is 0 Å². The van der Waals surface area contributed by atoms with Gasteiger partial charge in [-0.3, -0.25) is 4.79 Å². The van der Waals surface area contributed by atoms with Crippen LogP contribution in [0.5, 0.6) is 0 Å². The summed E-state index contributed by atoms with van der Waals surface area (Å²) >= 11 is 0. The molecule has 0 aromatic rings. The van der Waals surface area contributed by atoms with Crippen molar-refractivity contribution in [3.8, 4) is 0 Å². The molecule has 1 N–H and O–H groups in total. The van der Waals surface area contributed by atoms with Crippen molar-refractivity contribution in [1.82, 2.24) is 4.90 Å². The third-order valence-corrected chi connectivity index (χ3v) is 2.38. The Bertz CT molecular complexity index is 270. The van der Waals surface area contributed by atoms with Gasteiger partial charge in [-0.2, -0.15) is 22.0 Å². The highest BCUT2D eigenvalue weighted by Crippen LogP contribution is 2.37. The minimum atomic E-state index is -5.87. The predicted octanol–water partition coefficient (Wildman–Crippen LogP) is 1.17. The maximum atomic E-state index is 12.6. The number of piperidine rings is 1. The molecule has 0 saturated carbocycles. The van der Waals surface area contributed by atoms with Crippen LogP contribution in [0.15, 0.2) is 0 Å². The molecule has 0 unspecified atom stereocenters. The number of amides is 1. The number of aliphatic hydroxyl groups excluding tert-OH is 1. The lowest BCUT2D eigenvalue weighted by molar-refractivity contribution is -0.274. The van der Waals surface area contributed by atoms with Crippen LogP contribution in [0.3, 0.4) is 0 Å². The molecule has 1 amide bonds. The largest absolute Gasteiger partial charge is 0.463 e. The van der Waals surface area contributed by atoms with Crippen molar-refractivity contribution in [2.45, 2.75) is 31.0 Å². The summed E-state index contributed by atoms with van der Waals surface area (Å²) in [5.41, 5.74) is 0. The molecule has 0 aliphatic carbocycles.